The zero-order chi connectivity index (χ0) is 8.81. The number of hydrogen-bond donors (Lipinski definition) is 0. The minimum Gasteiger partial charge on any atom is -0.240 e. The summed E-state index contributed by atoms with van der Waals surface area (Å²) in [6.07, 6.45) is 11.7. The van der Waals surface area contributed by atoms with Gasteiger partial charge in [-0.15, -0.1) is 17.0 Å². The summed E-state index contributed by atoms with van der Waals surface area (Å²) >= 11 is 0. The van der Waals surface area contributed by atoms with Crippen LogP contribution in [0.2, 0.25) is 0 Å². The van der Waals surface area contributed by atoms with Crippen LogP contribution in [0.5, 0.6) is 0 Å². The number of hydrogen-bond acceptors (Lipinski definition) is 0. The van der Waals surface area contributed by atoms with Gasteiger partial charge in [0.1, 0.15) is 12.4 Å². The zero-order valence-corrected chi connectivity index (χ0v) is 10.3. The van der Waals surface area contributed by atoms with Crippen molar-refractivity contribution in [2.75, 3.05) is 0 Å². The van der Waals surface area contributed by atoms with Gasteiger partial charge in [0.05, 0.1) is 13.6 Å². The van der Waals surface area contributed by atoms with Gasteiger partial charge in [-0.25, -0.2) is 9.13 Å². The minimum absolute atomic E-state index is 0. The summed E-state index contributed by atoms with van der Waals surface area (Å²) in [6.45, 7) is 3.41. The van der Waals surface area contributed by atoms with E-state index in [1.165, 1.54) is 32.2 Å². The van der Waals surface area contributed by atoms with Gasteiger partial charge in [-0.3, -0.25) is 0 Å². The van der Waals surface area contributed by atoms with Crippen LogP contribution < -0.4 is 4.57 Å². The topological polar surface area (TPSA) is 8.81 Å². The van der Waals surface area contributed by atoms with Crippen molar-refractivity contribution in [3.8, 4) is 0 Å². The van der Waals surface area contributed by atoms with E-state index in [2.05, 4.69) is 41.8 Å². The van der Waals surface area contributed by atoms with E-state index in [-0.39, 0.29) is 17.0 Å². The number of nitrogens with zero attached hydrogens (tertiary/aromatic N) is 2. The Kier molecular flexibility index (Phi) is 6.96. The molecular weight excluding hydrogens is 228 g/mol. The van der Waals surface area contributed by atoms with Crippen molar-refractivity contribution >= 4 is 17.0 Å². The van der Waals surface area contributed by atoms with E-state index in [1.54, 1.807) is 0 Å². The van der Waals surface area contributed by atoms with E-state index in [1.807, 2.05) is 0 Å². The molecule has 0 fully saturated rings. The molecule has 0 radical (unpaired) electrons. The second-order valence-corrected chi connectivity index (χ2v) is 3.38. The lowest BCUT2D eigenvalue weighted by Gasteiger charge is -1.95. The first-order chi connectivity index (χ1) is 5.83. The number of unbranched alkanes of at least 4 members (excludes halogenated alkanes) is 3. The molecule has 1 aromatic heterocycles. The number of halogens is 1. The van der Waals surface area contributed by atoms with Crippen molar-refractivity contribution < 1.29 is 4.57 Å². The fraction of sp³-hybridized carbons (Fsp3) is 0.700. The molecule has 0 aliphatic heterocycles. The molecule has 0 spiro atoms. The SMILES string of the molecule is Br.CCCCCCn1cc[n+](C)c1. The summed E-state index contributed by atoms with van der Waals surface area (Å²) in [4.78, 5) is 0. The first-order valence-electron chi connectivity index (χ1n) is 4.84. The first kappa shape index (κ1) is 12.7. The van der Waals surface area contributed by atoms with Crippen LogP contribution in [0, 0.1) is 0 Å². The van der Waals surface area contributed by atoms with Crippen LogP contribution >= 0.6 is 17.0 Å². The molecule has 3 heteroatoms. The van der Waals surface area contributed by atoms with Crippen molar-refractivity contribution in [3.63, 3.8) is 0 Å². The highest BCUT2D eigenvalue weighted by molar-refractivity contribution is 8.93. The van der Waals surface area contributed by atoms with Crippen molar-refractivity contribution in [1.29, 1.82) is 0 Å². The van der Waals surface area contributed by atoms with Gasteiger partial charge in [0.25, 0.3) is 0 Å². The van der Waals surface area contributed by atoms with Crippen LogP contribution in [0.1, 0.15) is 32.6 Å². The third kappa shape index (κ3) is 5.09. The number of rotatable bonds is 5. The molecule has 0 unspecified atom stereocenters. The second kappa shape index (κ2) is 7.13. The van der Waals surface area contributed by atoms with Crippen LogP contribution in [-0.4, -0.2) is 4.57 Å². The molecule has 0 saturated heterocycles. The molecule has 1 heterocycles. The molecule has 0 amide bonds. The highest BCUT2D eigenvalue weighted by Crippen LogP contribution is 2.00. The molecule has 2 nitrogen and oxygen atoms in total. The Morgan fingerprint density at radius 3 is 2.54 bits per heavy atom. The fourth-order valence-corrected chi connectivity index (χ4v) is 1.36. The molecule has 0 aliphatic carbocycles. The maximum absolute atomic E-state index is 2.25. The quantitative estimate of drug-likeness (QED) is 0.559. The van der Waals surface area contributed by atoms with Gasteiger partial charge in [-0.1, -0.05) is 19.8 Å². The smallest absolute Gasteiger partial charge is 0.240 e. The predicted octanol–water partition coefficient (Wildman–Crippen LogP) is 2.47. The number of aromatic nitrogens is 2. The molecule has 76 valence electrons. The Labute approximate surface area is 91.3 Å². The van der Waals surface area contributed by atoms with E-state index in [9.17, 15) is 0 Å². The molecule has 0 bridgehead atoms. The normalized spacial score (nSPS) is 9.69. The maximum atomic E-state index is 2.25. The molecule has 0 aliphatic rings. The second-order valence-electron chi connectivity index (χ2n) is 3.38. The highest BCUT2D eigenvalue weighted by atomic mass is 79.9. The van der Waals surface area contributed by atoms with Gasteiger partial charge in [0.2, 0.25) is 6.33 Å². The monoisotopic (exact) mass is 247 g/mol. The lowest BCUT2D eigenvalue weighted by Crippen LogP contribution is -2.23. The predicted molar refractivity (Wildman–Crippen MR) is 60.1 cm³/mol. The van der Waals surface area contributed by atoms with Crippen molar-refractivity contribution in [2.24, 2.45) is 7.05 Å². The van der Waals surface area contributed by atoms with Crippen molar-refractivity contribution in [3.05, 3.63) is 18.7 Å². The third-order valence-corrected chi connectivity index (χ3v) is 2.09. The van der Waals surface area contributed by atoms with Gasteiger partial charge in [0, 0.05) is 0 Å². The summed E-state index contributed by atoms with van der Waals surface area (Å²) < 4.78 is 4.33. The zero-order valence-electron chi connectivity index (χ0n) is 8.57. The van der Waals surface area contributed by atoms with Gasteiger partial charge >= 0.3 is 0 Å². The van der Waals surface area contributed by atoms with Gasteiger partial charge in [0.15, 0.2) is 0 Å². The molecule has 1 rings (SSSR count). The highest BCUT2D eigenvalue weighted by Gasteiger charge is 1.97. The lowest BCUT2D eigenvalue weighted by molar-refractivity contribution is -0.671. The van der Waals surface area contributed by atoms with Gasteiger partial charge in [-0.05, 0) is 12.8 Å². The standard InChI is InChI=1S/C10H19N2.BrH/c1-3-4-5-6-7-12-9-8-11(2)10-12;/h8-10H,3-7H2,1-2H3;1H/q+1;. The number of imidazole rings is 1. The molecule has 1 aromatic rings. The van der Waals surface area contributed by atoms with Crippen LogP contribution in [-0.2, 0) is 13.6 Å². The summed E-state index contributed by atoms with van der Waals surface area (Å²) in [7, 11) is 2.06. The fourth-order valence-electron chi connectivity index (χ4n) is 1.36. The van der Waals surface area contributed by atoms with Crippen LogP contribution in [0.15, 0.2) is 18.7 Å². The summed E-state index contributed by atoms with van der Waals surface area (Å²) in [6, 6.07) is 0. The lowest BCUT2D eigenvalue weighted by atomic mass is 10.2. The van der Waals surface area contributed by atoms with E-state index in [0.717, 1.165) is 0 Å². The average Bonchev–Trinajstić information content (AvgIpc) is 2.45. The molecular formula is C10H20BrN2+. The molecule has 0 aromatic carbocycles. The van der Waals surface area contributed by atoms with Crippen molar-refractivity contribution in [2.45, 2.75) is 39.2 Å². The Bertz CT molecular complexity index is 220. The Morgan fingerprint density at radius 1 is 1.23 bits per heavy atom. The third-order valence-electron chi connectivity index (χ3n) is 2.09. The van der Waals surface area contributed by atoms with E-state index in [4.69, 9.17) is 0 Å². The summed E-state index contributed by atoms with van der Waals surface area (Å²) in [5.74, 6) is 0. The molecule has 13 heavy (non-hydrogen) atoms. The molecule has 0 atom stereocenters. The Morgan fingerprint density at radius 2 is 2.00 bits per heavy atom. The first-order valence-corrected chi connectivity index (χ1v) is 4.84. The average molecular weight is 248 g/mol. The summed E-state index contributed by atoms with van der Waals surface area (Å²) in [5.41, 5.74) is 0. The molecule has 0 saturated carbocycles. The number of aryl methyl sites for hydroxylation is 2. The van der Waals surface area contributed by atoms with Gasteiger partial charge in [-0.2, -0.15) is 0 Å². The largest absolute Gasteiger partial charge is 0.243 e. The summed E-state index contributed by atoms with van der Waals surface area (Å²) in [5, 5.41) is 0. The molecule has 0 N–H and O–H groups in total. The van der Waals surface area contributed by atoms with Crippen molar-refractivity contribution in [1.82, 2.24) is 4.57 Å². The van der Waals surface area contributed by atoms with E-state index < -0.39 is 0 Å². The Hall–Kier alpha value is -0.310. The minimum atomic E-state index is 0. The van der Waals surface area contributed by atoms with Crippen LogP contribution in [0.3, 0.4) is 0 Å². The maximum Gasteiger partial charge on any atom is 0.243 e. The van der Waals surface area contributed by atoms with Crippen LogP contribution in [0.25, 0.3) is 0 Å². The van der Waals surface area contributed by atoms with E-state index >= 15 is 0 Å². The van der Waals surface area contributed by atoms with Gasteiger partial charge < -0.3 is 0 Å². The Balaban J connectivity index is 0.00000144. The van der Waals surface area contributed by atoms with E-state index in [0.29, 0.717) is 0 Å². The van der Waals surface area contributed by atoms with Crippen LogP contribution in [0.4, 0.5) is 0 Å².